The van der Waals surface area contributed by atoms with Crippen molar-refractivity contribution in [3.8, 4) is 5.97 Å². The lowest BCUT2D eigenvalue weighted by atomic mass is 9.32. The van der Waals surface area contributed by atoms with Crippen LogP contribution in [0.2, 0.25) is 20.5 Å². The Kier molecular flexibility index (Phi) is 1.24. The van der Waals surface area contributed by atoms with Crippen molar-refractivity contribution in [3.05, 3.63) is 0 Å². The summed E-state index contributed by atoms with van der Waals surface area (Å²) >= 11 is 0. The molecule has 0 fully saturated rings. The molecule has 2 heteroatoms. The average Bonchev–Trinajstić information content (AvgIpc) is 1.35. The van der Waals surface area contributed by atoms with E-state index in [0.29, 0.717) is 0 Å². The van der Waals surface area contributed by atoms with Gasteiger partial charge in [-0.25, -0.2) is 5.26 Å². The third-order valence-electron chi connectivity index (χ3n) is 0.387. The number of hydrogen-bond acceptors (Lipinski definition) is 1. The van der Waals surface area contributed by atoms with E-state index in [1.165, 1.54) is 0 Å². The van der Waals surface area contributed by atoms with Gasteiger partial charge in [-0.1, -0.05) is 0 Å². The van der Waals surface area contributed by atoms with Crippen LogP contribution in [0.3, 0.4) is 0 Å². The molecule has 0 saturated carbocycles. The van der Waals surface area contributed by atoms with Crippen molar-refractivity contribution in [3.63, 3.8) is 0 Å². The number of nitriles is 1. The maximum Gasteiger partial charge on any atom is 0.0966 e. The van der Waals surface area contributed by atoms with Gasteiger partial charge >= 0.3 is 0 Å². The van der Waals surface area contributed by atoms with Crippen LogP contribution < -0.4 is 0 Å². The first-order valence-corrected chi connectivity index (χ1v) is 2.24. The van der Waals surface area contributed by atoms with Gasteiger partial charge in [-0.3, -0.25) is 0 Å². The molecule has 0 heterocycles. The average molecular weight is 81.9 g/mol. The molecule has 0 bridgehead atoms. The molecule has 0 aliphatic rings. The quantitative estimate of drug-likeness (QED) is 0.405. The van der Waals surface area contributed by atoms with Gasteiger partial charge in [0.05, 0.1) is 6.15 Å². The number of nitrogens with zero attached hydrogens (tertiary/aromatic N) is 1. The summed E-state index contributed by atoms with van der Waals surface area (Å²) in [5.41, 5.74) is 0. The Labute approximate surface area is 38.9 Å². The standard InChI is InChI=1S/C4H9BN/c1-5(2,3)4-6/h1-3H3/q-1. The minimum Gasteiger partial charge on any atom is -0.250 e. The van der Waals surface area contributed by atoms with Crippen LogP contribution in [-0.4, -0.2) is 6.15 Å². The Hall–Kier alpha value is -0.445. The molecule has 0 spiro atoms. The molecule has 6 heavy (non-hydrogen) atoms. The summed E-state index contributed by atoms with van der Waals surface area (Å²) in [5.74, 6) is 2.17. The second kappa shape index (κ2) is 1.34. The lowest BCUT2D eigenvalue weighted by molar-refractivity contribution is 1.53. The van der Waals surface area contributed by atoms with Crippen molar-refractivity contribution in [2.45, 2.75) is 20.5 Å². The third kappa shape index (κ3) is 3.55. The van der Waals surface area contributed by atoms with Crippen molar-refractivity contribution in [2.75, 3.05) is 0 Å². The topological polar surface area (TPSA) is 23.8 Å². The lowest BCUT2D eigenvalue weighted by Crippen LogP contribution is -2.15. The molecule has 0 aliphatic carbocycles. The Morgan fingerprint density at radius 3 is 1.50 bits per heavy atom. The van der Waals surface area contributed by atoms with Crippen molar-refractivity contribution in [2.24, 2.45) is 0 Å². The number of hydrogen-bond donors (Lipinski definition) is 0. The first-order valence-electron chi connectivity index (χ1n) is 2.24. The van der Waals surface area contributed by atoms with Gasteiger partial charge in [-0.15, -0.1) is 0 Å². The van der Waals surface area contributed by atoms with E-state index in [1.54, 1.807) is 0 Å². The van der Waals surface area contributed by atoms with Crippen LogP contribution in [0.5, 0.6) is 0 Å². The van der Waals surface area contributed by atoms with Crippen molar-refractivity contribution in [1.29, 1.82) is 5.26 Å². The van der Waals surface area contributed by atoms with E-state index in [2.05, 4.69) is 5.97 Å². The molecule has 0 aromatic rings. The smallest absolute Gasteiger partial charge is 0.0966 e. The summed E-state index contributed by atoms with van der Waals surface area (Å²) in [7, 11) is 0. The molecule has 0 aliphatic heterocycles. The highest BCUT2D eigenvalue weighted by Gasteiger charge is 1.99. The van der Waals surface area contributed by atoms with E-state index in [9.17, 15) is 0 Å². The van der Waals surface area contributed by atoms with Crippen molar-refractivity contribution >= 4 is 6.15 Å². The Morgan fingerprint density at radius 1 is 1.33 bits per heavy atom. The molecule has 0 atom stereocenters. The highest BCUT2D eigenvalue weighted by Crippen LogP contribution is 1.94. The molecule has 0 unspecified atom stereocenters. The Morgan fingerprint density at radius 2 is 1.50 bits per heavy atom. The Bertz CT molecular complexity index is 74.5. The summed E-state index contributed by atoms with van der Waals surface area (Å²) in [6.07, 6.45) is -0.681. The van der Waals surface area contributed by atoms with Gasteiger partial charge in [0.15, 0.2) is 0 Å². The van der Waals surface area contributed by atoms with Gasteiger partial charge < -0.3 is 0 Å². The van der Waals surface area contributed by atoms with E-state index in [0.717, 1.165) is 0 Å². The summed E-state index contributed by atoms with van der Waals surface area (Å²) in [6, 6.07) is 0. The van der Waals surface area contributed by atoms with Crippen LogP contribution in [0, 0.1) is 11.2 Å². The predicted molar refractivity (Wildman–Crippen MR) is 29.0 cm³/mol. The lowest BCUT2D eigenvalue weighted by Gasteiger charge is -2.07. The molecule has 34 valence electrons. The summed E-state index contributed by atoms with van der Waals surface area (Å²) in [4.78, 5) is 0. The van der Waals surface area contributed by atoms with E-state index >= 15 is 0 Å². The van der Waals surface area contributed by atoms with E-state index in [4.69, 9.17) is 5.26 Å². The summed E-state index contributed by atoms with van der Waals surface area (Å²) in [6.45, 7) is 5.83. The molecule has 0 N–H and O–H groups in total. The Balaban J connectivity index is 3.55. The maximum atomic E-state index is 8.18. The minimum absolute atomic E-state index is 0.681. The molecule has 1 nitrogen and oxygen atoms in total. The zero-order valence-electron chi connectivity index (χ0n) is 4.52. The predicted octanol–water partition coefficient (Wildman–Crippen LogP) is 1.39. The van der Waals surface area contributed by atoms with E-state index in [-0.39, 0.29) is 0 Å². The number of rotatable bonds is 0. The van der Waals surface area contributed by atoms with Crippen LogP contribution in [0.1, 0.15) is 0 Å². The zero-order valence-corrected chi connectivity index (χ0v) is 4.52. The molecular formula is C4H9BN-. The van der Waals surface area contributed by atoms with Gasteiger partial charge in [0, 0.05) is 0 Å². The molecule has 0 amide bonds. The van der Waals surface area contributed by atoms with Gasteiger partial charge in [-0.05, 0) is 0 Å². The SMILES string of the molecule is C[B-](C)(C)C#N. The van der Waals surface area contributed by atoms with E-state index in [1.807, 2.05) is 20.5 Å². The largest absolute Gasteiger partial charge is 0.250 e. The maximum absolute atomic E-state index is 8.18. The molecule has 0 rings (SSSR count). The van der Waals surface area contributed by atoms with Gasteiger partial charge in [-0.2, -0.15) is 26.4 Å². The van der Waals surface area contributed by atoms with Crippen molar-refractivity contribution in [1.82, 2.24) is 0 Å². The molecular weight excluding hydrogens is 72.9 g/mol. The molecule has 0 aromatic carbocycles. The zero-order chi connectivity index (χ0) is 5.21. The highest BCUT2D eigenvalue weighted by atomic mass is 14.2. The third-order valence-corrected chi connectivity index (χ3v) is 0.387. The fourth-order valence-corrected chi connectivity index (χ4v) is 0. The summed E-state index contributed by atoms with van der Waals surface area (Å²) in [5, 5.41) is 8.18. The van der Waals surface area contributed by atoms with Gasteiger partial charge in [0.25, 0.3) is 0 Å². The minimum atomic E-state index is -0.681. The normalized spacial score (nSPS) is 10.3. The van der Waals surface area contributed by atoms with E-state index < -0.39 is 6.15 Å². The first kappa shape index (κ1) is 5.55. The van der Waals surface area contributed by atoms with Gasteiger partial charge in [0.2, 0.25) is 0 Å². The molecule has 0 saturated heterocycles. The molecule has 0 aromatic heterocycles. The summed E-state index contributed by atoms with van der Waals surface area (Å²) < 4.78 is 0. The second-order valence-electron chi connectivity index (χ2n) is 2.73. The fourth-order valence-electron chi connectivity index (χ4n) is 0. The van der Waals surface area contributed by atoms with Crippen molar-refractivity contribution < 1.29 is 0 Å². The van der Waals surface area contributed by atoms with Crippen LogP contribution in [0.25, 0.3) is 0 Å². The highest BCUT2D eigenvalue weighted by molar-refractivity contribution is 6.83. The second-order valence-corrected chi connectivity index (χ2v) is 2.73. The first-order chi connectivity index (χ1) is 2.56. The molecule has 0 radical (unpaired) electrons. The monoisotopic (exact) mass is 82.1 g/mol. The fraction of sp³-hybridized carbons (Fsp3) is 0.750. The van der Waals surface area contributed by atoms with Gasteiger partial charge in [0.1, 0.15) is 0 Å². The van der Waals surface area contributed by atoms with Crippen LogP contribution >= 0.6 is 0 Å². The van der Waals surface area contributed by atoms with Crippen LogP contribution in [0.15, 0.2) is 0 Å². The van der Waals surface area contributed by atoms with Crippen LogP contribution in [0.4, 0.5) is 0 Å². The van der Waals surface area contributed by atoms with Crippen LogP contribution in [-0.2, 0) is 0 Å².